The summed E-state index contributed by atoms with van der Waals surface area (Å²) in [5.74, 6) is -1.03. The molecule has 1 aliphatic heterocycles. The Morgan fingerprint density at radius 1 is 1.18 bits per heavy atom. The molecule has 1 saturated heterocycles. The summed E-state index contributed by atoms with van der Waals surface area (Å²) in [6.45, 7) is 2.63. The second-order valence-corrected chi connectivity index (χ2v) is 7.58. The lowest BCUT2D eigenvalue weighted by Crippen LogP contribution is -2.34. The van der Waals surface area contributed by atoms with Gasteiger partial charge in [-0.15, -0.1) is 0 Å². The molecule has 2 aromatic carbocycles. The van der Waals surface area contributed by atoms with E-state index in [1.807, 2.05) is 30.3 Å². The second kappa shape index (κ2) is 9.50. The quantitative estimate of drug-likeness (QED) is 0.741. The van der Waals surface area contributed by atoms with Gasteiger partial charge >= 0.3 is 0 Å². The highest BCUT2D eigenvalue weighted by molar-refractivity contribution is 8.15. The van der Waals surface area contributed by atoms with Crippen LogP contribution in [0.3, 0.4) is 0 Å². The van der Waals surface area contributed by atoms with E-state index in [0.29, 0.717) is 11.7 Å². The summed E-state index contributed by atoms with van der Waals surface area (Å²) < 4.78 is 13.7. The molecule has 1 aliphatic rings. The first-order valence-electron chi connectivity index (χ1n) is 9.24. The number of hydrogen-bond donors (Lipinski definition) is 1. The minimum atomic E-state index is -0.564. The zero-order valence-electron chi connectivity index (χ0n) is 15.6. The van der Waals surface area contributed by atoms with Gasteiger partial charge in [-0.2, -0.15) is 0 Å². The number of halogens is 1. The molecule has 1 N–H and O–H groups in total. The number of amides is 2. The van der Waals surface area contributed by atoms with Crippen molar-refractivity contribution in [2.24, 2.45) is 4.99 Å². The SMILES string of the molecule is CCCCN1C(=O)[C@@H](CC(=O)Nc2ccccc2F)SC1=Nc1ccccc1. The lowest BCUT2D eigenvalue weighted by Gasteiger charge is -2.15. The predicted molar refractivity (Wildman–Crippen MR) is 111 cm³/mol. The van der Waals surface area contributed by atoms with Crippen molar-refractivity contribution in [3.05, 3.63) is 60.4 Å². The number of nitrogens with one attached hydrogen (secondary N) is 1. The van der Waals surface area contributed by atoms with Crippen LogP contribution in [-0.2, 0) is 9.59 Å². The first-order chi connectivity index (χ1) is 13.6. The van der Waals surface area contributed by atoms with Gasteiger partial charge in [0.25, 0.3) is 0 Å². The lowest BCUT2D eigenvalue weighted by molar-refractivity contribution is -0.128. The molecule has 28 heavy (non-hydrogen) atoms. The highest BCUT2D eigenvalue weighted by Gasteiger charge is 2.38. The molecule has 0 radical (unpaired) electrons. The van der Waals surface area contributed by atoms with E-state index in [0.717, 1.165) is 18.5 Å². The number of hydrogen-bond acceptors (Lipinski definition) is 4. The maximum Gasteiger partial charge on any atom is 0.242 e. The van der Waals surface area contributed by atoms with Gasteiger partial charge in [0.1, 0.15) is 11.1 Å². The van der Waals surface area contributed by atoms with Crippen molar-refractivity contribution in [2.45, 2.75) is 31.4 Å². The third kappa shape index (κ3) is 4.98. The van der Waals surface area contributed by atoms with Crippen molar-refractivity contribution in [1.82, 2.24) is 4.90 Å². The fourth-order valence-electron chi connectivity index (χ4n) is 2.79. The lowest BCUT2D eigenvalue weighted by atomic mass is 10.2. The molecule has 2 aromatic rings. The fourth-order valence-corrected chi connectivity index (χ4v) is 3.98. The summed E-state index contributed by atoms with van der Waals surface area (Å²) in [6.07, 6.45) is 1.77. The maximum atomic E-state index is 13.7. The molecule has 0 aliphatic carbocycles. The number of benzene rings is 2. The first kappa shape index (κ1) is 20.1. The molecule has 0 saturated carbocycles. The van der Waals surface area contributed by atoms with E-state index in [2.05, 4.69) is 17.2 Å². The van der Waals surface area contributed by atoms with Crippen molar-refractivity contribution in [1.29, 1.82) is 0 Å². The van der Waals surface area contributed by atoms with Crippen molar-refractivity contribution < 1.29 is 14.0 Å². The molecule has 5 nitrogen and oxygen atoms in total. The molecular weight excluding hydrogens is 377 g/mol. The molecule has 3 rings (SSSR count). The summed E-state index contributed by atoms with van der Waals surface area (Å²) in [4.78, 5) is 31.4. The standard InChI is InChI=1S/C21H22FN3O2S/c1-2-3-13-25-20(27)18(28-21(25)23-15-9-5-4-6-10-15)14-19(26)24-17-12-8-7-11-16(17)22/h4-12,18H,2-3,13-14H2,1H3,(H,24,26)/t18-/m1/s1. The number of nitrogens with zero attached hydrogens (tertiary/aromatic N) is 2. The van der Waals surface area contributed by atoms with Crippen LogP contribution in [0.2, 0.25) is 0 Å². The first-order valence-corrected chi connectivity index (χ1v) is 10.1. The Hall–Kier alpha value is -2.67. The van der Waals surface area contributed by atoms with Crippen LogP contribution in [0.4, 0.5) is 15.8 Å². The van der Waals surface area contributed by atoms with Crippen LogP contribution in [0.5, 0.6) is 0 Å². The van der Waals surface area contributed by atoms with Crippen LogP contribution in [0, 0.1) is 5.82 Å². The van der Waals surface area contributed by atoms with E-state index >= 15 is 0 Å². The highest BCUT2D eigenvalue weighted by Crippen LogP contribution is 2.32. The number of para-hydroxylation sites is 2. The minimum Gasteiger partial charge on any atom is -0.324 e. The van der Waals surface area contributed by atoms with Gasteiger partial charge in [0.05, 0.1) is 11.4 Å². The molecule has 146 valence electrons. The van der Waals surface area contributed by atoms with Crippen LogP contribution >= 0.6 is 11.8 Å². The fraction of sp³-hybridized carbons (Fsp3) is 0.286. The number of thioether (sulfide) groups is 1. The topological polar surface area (TPSA) is 61.8 Å². The maximum absolute atomic E-state index is 13.7. The van der Waals surface area contributed by atoms with Crippen LogP contribution in [0.1, 0.15) is 26.2 Å². The van der Waals surface area contributed by atoms with Gasteiger partial charge in [-0.25, -0.2) is 9.38 Å². The smallest absolute Gasteiger partial charge is 0.242 e. The van der Waals surface area contributed by atoms with Gasteiger partial charge < -0.3 is 5.32 Å². The highest BCUT2D eigenvalue weighted by atomic mass is 32.2. The third-order valence-electron chi connectivity index (χ3n) is 4.25. The van der Waals surface area contributed by atoms with Crippen LogP contribution in [-0.4, -0.2) is 33.7 Å². The average Bonchev–Trinajstić information content (AvgIpc) is 2.97. The molecule has 1 fully saturated rings. The Morgan fingerprint density at radius 3 is 2.61 bits per heavy atom. The molecule has 1 atom stereocenters. The molecule has 0 unspecified atom stereocenters. The monoisotopic (exact) mass is 399 g/mol. The Morgan fingerprint density at radius 2 is 1.89 bits per heavy atom. The van der Waals surface area contributed by atoms with Crippen molar-refractivity contribution >= 4 is 40.1 Å². The van der Waals surface area contributed by atoms with Gasteiger partial charge in [0.15, 0.2) is 5.17 Å². The summed E-state index contributed by atoms with van der Waals surface area (Å²) in [5.41, 5.74) is 0.875. The molecule has 2 amide bonds. The third-order valence-corrected chi connectivity index (χ3v) is 5.43. The molecule has 1 heterocycles. The van der Waals surface area contributed by atoms with Crippen molar-refractivity contribution in [3.63, 3.8) is 0 Å². The van der Waals surface area contributed by atoms with Crippen LogP contribution in [0.15, 0.2) is 59.6 Å². The predicted octanol–water partition coefficient (Wildman–Crippen LogP) is 4.59. The minimum absolute atomic E-state index is 0.0335. The Bertz CT molecular complexity index is 873. The largest absolute Gasteiger partial charge is 0.324 e. The number of aliphatic imine (C=N–C) groups is 1. The van der Waals surface area contributed by atoms with Crippen LogP contribution in [0.25, 0.3) is 0 Å². The zero-order valence-corrected chi connectivity index (χ0v) is 16.4. The Balaban J connectivity index is 1.73. The normalized spacial score (nSPS) is 17.9. The van der Waals surface area contributed by atoms with E-state index < -0.39 is 17.0 Å². The molecule has 0 aromatic heterocycles. The second-order valence-electron chi connectivity index (χ2n) is 6.41. The Labute approximate surface area is 168 Å². The summed E-state index contributed by atoms with van der Waals surface area (Å²) >= 11 is 1.29. The number of rotatable bonds is 7. The number of carbonyl (C=O) groups excluding carboxylic acids is 2. The summed E-state index contributed by atoms with van der Waals surface area (Å²) in [6, 6.07) is 15.4. The Kier molecular flexibility index (Phi) is 6.81. The number of amidine groups is 1. The zero-order chi connectivity index (χ0) is 19.9. The van der Waals surface area contributed by atoms with Crippen molar-refractivity contribution in [3.8, 4) is 0 Å². The van der Waals surface area contributed by atoms with E-state index in [9.17, 15) is 14.0 Å². The van der Waals surface area contributed by atoms with Gasteiger partial charge in [-0.05, 0) is 30.7 Å². The molecule has 0 spiro atoms. The van der Waals surface area contributed by atoms with Gasteiger partial charge in [-0.3, -0.25) is 14.5 Å². The average molecular weight is 399 g/mol. The molecule has 7 heteroatoms. The van der Waals surface area contributed by atoms with Gasteiger partial charge in [0, 0.05) is 13.0 Å². The summed E-state index contributed by atoms with van der Waals surface area (Å²) in [5, 5.41) is 2.58. The van der Waals surface area contributed by atoms with E-state index in [1.165, 1.54) is 23.9 Å². The van der Waals surface area contributed by atoms with E-state index in [4.69, 9.17) is 0 Å². The summed E-state index contributed by atoms with van der Waals surface area (Å²) in [7, 11) is 0. The number of carbonyl (C=O) groups is 2. The molecule has 0 bridgehead atoms. The van der Waals surface area contributed by atoms with E-state index in [1.54, 1.807) is 17.0 Å². The van der Waals surface area contributed by atoms with Crippen LogP contribution < -0.4 is 5.32 Å². The number of anilines is 1. The molecular formula is C21H22FN3O2S. The van der Waals surface area contributed by atoms with E-state index in [-0.39, 0.29) is 18.0 Å². The van der Waals surface area contributed by atoms with Gasteiger partial charge in [-0.1, -0.05) is 55.4 Å². The van der Waals surface area contributed by atoms with Crippen molar-refractivity contribution in [2.75, 3.05) is 11.9 Å². The number of unbranched alkanes of at least 4 members (excludes halogenated alkanes) is 1. The van der Waals surface area contributed by atoms with Gasteiger partial charge in [0.2, 0.25) is 11.8 Å².